The highest BCUT2D eigenvalue weighted by Gasteiger charge is 2.22. The molecule has 0 aliphatic carbocycles. The van der Waals surface area contributed by atoms with E-state index in [9.17, 15) is 4.79 Å². The SMILES string of the molecule is Cc1cc(-c2ncnc(N)c2C=N)ccc1C(C)NC(=O)c1cnc(C(C)(C)C)s1. The van der Waals surface area contributed by atoms with E-state index in [1.54, 1.807) is 6.20 Å². The first kappa shape index (κ1) is 21.6. The summed E-state index contributed by atoms with van der Waals surface area (Å²) in [5.41, 5.74) is 9.75. The first-order valence-electron chi connectivity index (χ1n) is 9.61. The van der Waals surface area contributed by atoms with Crippen molar-refractivity contribution in [3.63, 3.8) is 0 Å². The van der Waals surface area contributed by atoms with E-state index in [1.807, 2.05) is 32.0 Å². The van der Waals surface area contributed by atoms with Crippen molar-refractivity contribution in [3.05, 3.63) is 57.3 Å². The second-order valence-electron chi connectivity index (χ2n) is 8.21. The molecule has 2 aromatic heterocycles. The van der Waals surface area contributed by atoms with Crippen molar-refractivity contribution >= 4 is 29.3 Å². The third-order valence-corrected chi connectivity index (χ3v) is 6.21. The number of aryl methyl sites for hydroxylation is 1. The zero-order valence-electron chi connectivity index (χ0n) is 17.8. The summed E-state index contributed by atoms with van der Waals surface area (Å²) in [5, 5.41) is 11.6. The lowest BCUT2D eigenvalue weighted by Gasteiger charge is -2.17. The minimum absolute atomic E-state index is 0.0824. The molecule has 0 radical (unpaired) electrons. The van der Waals surface area contributed by atoms with Crippen LogP contribution in [0, 0.1) is 12.3 Å². The minimum atomic E-state index is -0.176. The van der Waals surface area contributed by atoms with Gasteiger partial charge >= 0.3 is 0 Å². The van der Waals surface area contributed by atoms with Crippen LogP contribution in [0.25, 0.3) is 11.3 Å². The van der Waals surface area contributed by atoms with Crippen molar-refractivity contribution in [1.29, 1.82) is 5.41 Å². The first-order valence-corrected chi connectivity index (χ1v) is 10.4. The molecule has 1 atom stereocenters. The van der Waals surface area contributed by atoms with Crippen molar-refractivity contribution in [1.82, 2.24) is 20.3 Å². The van der Waals surface area contributed by atoms with E-state index < -0.39 is 0 Å². The summed E-state index contributed by atoms with van der Waals surface area (Å²) in [6.45, 7) is 10.2. The summed E-state index contributed by atoms with van der Waals surface area (Å²) in [7, 11) is 0. The number of rotatable bonds is 5. The van der Waals surface area contributed by atoms with Crippen molar-refractivity contribution < 1.29 is 4.79 Å². The van der Waals surface area contributed by atoms with Crippen LogP contribution >= 0.6 is 11.3 Å². The molecule has 0 aliphatic rings. The van der Waals surface area contributed by atoms with Crippen molar-refractivity contribution in [2.24, 2.45) is 0 Å². The van der Waals surface area contributed by atoms with Crippen LogP contribution in [0.1, 0.15) is 65.1 Å². The maximum Gasteiger partial charge on any atom is 0.263 e. The second kappa shape index (κ2) is 8.31. The van der Waals surface area contributed by atoms with Crippen LogP contribution in [-0.2, 0) is 5.41 Å². The molecule has 30 heavy (non-hydrogen) atoms. The fourth-order valence-electron chi connectivity index (χ4n) is 3.16. The third-order valence-electron chi connectivity index (χ3n) is 4.79. The maximum atomic E-state index is 12.7. The van der Waals surface area contributed by atoms with E-state index in [4.69, 9.17) is 11.1 Å². The van der Waals surface area contributed by atoms with Crippen LogP contribution < -0.4 is 11.1 Å². The van der Waals surface area contributed by atoms with Gasteiger partial charge < -0.3 is 16.5 Å². The van der Waals surface area contributed by atoms with Gasteiger partial charge in [0.1, 0.15) is 17.0 Å². The number of nitrogens with one attached hydrogen (secondary N) is 2. The molecule has 3 aromatic rings. The Hall–Kier alpha value is -3.13. The molecule has 8 heteroatoms. The van der Waals surface area contributed by atoms with E-state index in [1.165, 1.54) is 17.7 Å². The van der Waals surface area contributed by atoms with Gasteiger partial charge in [-0.25, -0.2) is 15.0 Å². The first-order chi connectivity index (χ1) is 14.1. The lowest BCUT2D eigenvalue weighted by Crippen LogP contribution is -2.26. The van der Waals surface area contributed by atoms with Crippen LogP contribution in [0.5, 0.6) is 0 Å². The normalized spacial score (nSPS) is 12.4. The number of benzene rings is 1. The zero-order valence-corrected chi connectivity index (χ0v) is 18.6. The molecule has 0 saturated heterocycles. The molecule has 1 aromatic carbocycles. The predicted molar refractivity (Wildman–Crippen MR) is 121 cm³/mol. The van der Waals surface area contributed by atoms with E-state index in [0.29, 0.717) is 16.1 Å². The average molecular weight is 423 g/mol. The van der Waals surface area contributed by atoms with Crippen LogP contribution in [0.15, 0.2) is 30.7 Å². The molecule has 0 saturated carbocycles. The predicted octanol–water partition coefficient (Wildman–Crippen LogP) is 4.28. The van der Waals surface area contributed by atoms with E-state index in [-0.39, 0.29) is 23.2 Å². The van der Waals surface area contributed by atoms with Gasteiger partial charge in [-0.05, 0) is 31.0 Å². The van der Waals surface area contributed by atoms with E-state index >= 15 is 0 Å². The topological polar surface area (TPSA) is 118 Å². The van der Waals surface area contributed by atoms with Gasteiger partial charge in [0.15, 0.2) is 0 Å². The highest BCUT2D eigenvalue weighted by atomic mass is 32.1. The third kappa shape index (κ3) is 4.38. The molecule has 2 heterocycles. The quantitative estimate of drug-likeness (QED) is 0.531. The summed E-state index contributed by atoms with van der Waals surface area (Å²) in [6.07, 6.45) is 4.20. The Labute approximate surface area is 180 Å². The summed E-state index contributed by atoms with van der Waals surface area (Å²) >= 11 is 1.42. The number of nitrogens with zero attached hydrogens (tertiary/aromatic N) is 3. The Bertz CT molecular complexity index is 1100. The molecule has 0 bridgehead atoms. The summed E-state index contributed by atoms with van der Waals surface area (Å²) in [5.74, 6) is 0.144. The highest BCUT2D eigenvalue weighted by Crippen LogP contribution is 2.29. The van der Waals surface area contributed by atoms with Crippen LogP contribution in [0.4, 0.5) is 5.82 Å². The van der Waals surface area contributed by atoms with Crippen LogP contribution in [0.3, 0.4) is 0 Å². The lowest BCUT2D eigenvalue weighted by atomic mass is 9.97. The zero-order chi connectivity index (χ0) is 22.1. The number of nitrogen functional groups attached to an aromatic ring is 1. The molecule has 0 spiro atoms. The number of nitrogens with two attached hydrogens (primary N) is 1. The second-order valence-corrected chi connectivity index (χ2v) is 9.24. The maximum absolute atomic E-state index is 12.7. The molecule has 4 N–H and O–H groups in total. The number of anilines is 1. The Morgan fingerprint density at radius 3 is 2.60 bits per heavy atom. The molecule has 7 nitrogen and oxygen atoms in total. The fraction of sp³-hybridized carbons (Fsp3) is 0.318. The number of amides is 1. The van der Waals surface area contributed by atoms with Gasteiger partial charge in [-0.15, -0.1) is 11.3 Å². The van der Waals surface area contributed by atoms with Crippen molar-refractivity contribution in [2.45, 2.75) is 46.1 Å². The molecule has 1 unspecified atom stereocenters. The summed E-state index contributed by atoms with van der Waals surface area (Å²) in [4.78, 5) is 25.9. The molecular formula is C22H26N6OS. The van der Waals surface area contributed by atoms with Gasteiger partial charge in [0.25, 0.3) is 5.91 Å². The van der Waals surface area contributed by atoms with Crippen molar-refractivity contribution in [3.8, 4) is 11.3 Å². The minimum Gasteiger partial charge on any atom is -0.383 e. The van der Waals surface area contributed by atoms with Gasteiger partial charge in [0.05, 0.1) is 28.5 Å². The molecule has 1 amide bonds. The van der Waals surface area contributed by atoms with E-state index in [0.717, 1.165) is 27.9 Å². The summed E-state index contributed by atoms with van der Waals surface area (Å²) in [6, 6.07) is 5.69. The Morgan fingerprint density at radius 1 is 1.27 bits per heavy atom. The number of hydrogen-bond donors (Lipinski definition) is 3. The van der Waals surface area contributed by atoms with Crippen LogP contribution in [0.2, 0.25) is 0 Å². The molecule has 156 valence electrons. The van der Waals surface area contributed by atoms with Gasteiger partial charge in [-0.1, -0.05) is 32.9 Å². The smallest absolute Gasteiger partial charge is 0.263 e. The largest absolute Gasteiger partial charge is 0.383 e. The fourth-order valence-corrected chi connectivity index (χ4v) is 4.04. The number of carbonyl (C=O) groups is 1. The standard InChI is InChI=1S/C22H26N6OS/c1-12-8-14(18-16(9-23)19(24)27-11-26-18)6-7-15(12)13(2)28-20(29)17-10-25-21(30-17)22(3,4)5/h6-11,13,23H,1-5H3,(H,28,29)(H2,24,26,27). The van der Waals surface area contributed by atoms with Gasteiger partial charge in [0.2, 0.25) is 0 Å². The monoisotopic (exact) mass is 422 g/mol. The van der Waals surface area contributed by atoms with Crippen molar-refractivity contribution in [2.75, 3.05) is 5.73 Å². The number of carbonyl (C=O) groups excluding carboxylic acids is 1. The highest BCUT2D eigenvalue weighted by molar-refractivity contribution is 7.13. The Kier molecular flexibility index (Phi) is 5.98. The van der Waals surface area contributed by atoms with Gasteiger partial charge in [-0.3, -0.25) is 4.79 Å². The average Bonchev–Trinajstić information content (AvgIpc) is 3.18. The summed E-state index contributed by atoms with van der Waals surface area (Å²) < 4.78 is 0. The van der Waals surface area contributed by atoms with Gasteiger partial charge in [0, 0.05) is 17.2 Å². The molecule has 0 fully saturated rings. The Balaban J connectivity index is 1.81. The lowest BCUT2D eigenvalue weighted by molar-refractivity contribution is 0.0943. The van der Waals surface area contributed by atoms with Gasteiger partial charge in [-0.2, -0.15) is 0 Å². The number of thiazole rings is 1. The number of hydrogen-bond acceptors (Lipinski definition) is 7. The van der Waals surface area contributed by atoms with E-state index in [2.05, 4.69) is 41.0 Å². The molecule has 0 aliphatic heterocycles. The van der Waals surface area contributed by atoms with Crippen LogP contribution in [-0.4, -0.2) is 27.1 Å². The Morgan fingerprint density at radius 2 is 2.00 bits per heavy atom. The number of aromatic nitrogens is 3. The molecular weight excluding hydrogens is 396 g/mol. The molecule has 3 rings (SSSR count).